The van der Waals surface area contributed by atoms with Gasteiger partial charge in [0.05, 0.1) is 27.5 Å². The van der Waals surface area contributed by atoms with Crippen LogP contribution in [0.4, 0.5) is 30.2 Å². The molecule has 0 aliphatic carbocycles. The maximum atomic E-state index is 13.1. The van der Waals surface area contributed by atoms with E-state index < -0.39 is 21.6 Å². The van der Waals surface area contributed by atoms with Crippen LogP contribution in [0.1, 0.15) is 41.6 Å². The molecule has 3 aromatic carbocycles. The van der Waals surface area contributed by atoms with Crippen molar-refractivity contribution < 1.29 is 23.0 Å². The lowest BCUT2D eigenvalue weighted by atomic mass is 10.0. The minimum Gasteiger partial charge on any atom is -0.357 e. The predicted molar refractivity (Wildman–Crippen MR) is 115 cm³/mol. The first-order valence-corrected chi connectivity index (χ1v) is 10.1. The van der Waals surface area contributed by atoms with Gasteiger partial charge < -0.3 is 4.90 Å². The van der Waals surface area contributed by atoms with Crippen LogP contribution >= 0.6 is 0 Å². The van der Waals surface area contributed by atoms with Crippen LogP contribution in [0.3, 0.4) is 0 Å². The first-order chi connectivity index (χ1) is 15.6. The number of nitrogens with zero attached hydrogens (tertiary/aromatic N) is 3. The van der Waals surface area contributed by atoms with E-state index in [9.17, 15) is 33.4 Å². The summed E-state index contributed by atoms with van der Waals surface area (Å²) in [6.45, 7) is 0. The van der Waals surface area contributed by atoms with Crippen molar-refractivity contribution in [1.82, 2.24) is 0 Å². The highest BCUT2D eigenvalue weighted by Gasteiger charge is 2.37. The van der Waals surface area contributed by atoms with Gasteiger partial charge in [0.2, 0.25) is 0 Å². The fourth-order valence-electron chi connectivity index (χ4n) is 4.34. The molecule has 2 atom stereocenters. The molecule has 4 rings (SSSR count). The van der Waals surface area contributed by atoms with Crippen LogP contribution in [0.2, 0.25) is 0 Å². The maximum absolute atomic E-state index is 13.1. The quantitative estimate of drug-likeness (QED) is 0.318. The number of non-ortho nitro benzene ring substituents is 2. The summed E-state index contributed by atoms with van der Waals surface area (Å²) >= 11 is 0. The van der Waals surface area contributed by atoms with E-state index in [1.807, 2.05) is 4.90 Å². The van der Waals surface area contributed by atoms with E-state index in [2.05, 4.69) is 0 Å². The molecule has 0 bridgehead atoms. The fourth-order valence-corrected chi connectivity index (χ4v) is 4.34. The molecular formula is C23H18F3N3O4. The zero-order valence-corrected chi connectivity index (χ0v) is 17.1. The molecule has 0 unspecified atom stereocenters. The van der Waals surface area contributed by atoms with Crippen molar-refractivity contribution in [3.05, 3.63) is 110 Å². The minimum absolute atomic E-state index is 0.0846. The summed E-state index contributed by atoms with van der Waals surface area (Å²) in [5.74, 6) is 0. The number of hydrogen-bond donors (Lipinski definition) is 0. The van der Waals surface area contributed by atoms with Gasteiger partial charge >= 0.3 is 6.18 Å². The molecule has 1 fully saturated rings. The molecule has 7 nitrogen and oxygen atoms in total. The van der Waals surface area contributed by atoms with Gasteiger partial charge in [0.25, 0.3) is 11.4 Å². The van der Waals surface area contributed by atoms with Gasteiger partial charge in [0.1, 0.15) is 0 Å². The molecule has 0 saturated carbocycles. The van der Waals surface area contributed by atoms with Crippen LogP contribution in [-0.2, 0) is 6.18 Å². The largest absolute Gasteiger partial charge is 0.416 e. The molecule has 0 aromatic heterocycles. The summed E-state index contributed by atoms with van der Waals surface area (Å²) in [5.41, 5.74) is 0.837. The van der Waals surface area contributed by atoms with E-state index in [-0.39, 0.29) is 23.5 Å². The highest BCUT2D eigenvalue weighted by Crippen LogP contribution is 2.48. The van der Waals surface area contributed by atoms with Gasteiger partial charge in [0, 0.05) is 30.0 Å². The Hall–Kier alpha value is -3.95. The van der Waals surface area contributed by atoms with Gasteiger partial charge in [0.15, 0.2) is 0 Å². The molecule has 1 aliphatic rings. The van der Waals surface area contributed by atoms with Gasteiger partial charge in [-0.05, 0) is 48.2 Å². The molecule has 0 N–H and O–H groups in total. The first kappa shape index (κ1) is 22.3. The van der Waals surface area contributed by atoms with Crippen molar-refractivity contribution in [2.75, 3.05) is 4.90 Å². The lowest BCUT2D eigenvalue weighted by Crippen LogP contribution is -2.26. The Morgan fingerprint density at radius 1 is 0.758 bits per heavy atom. The van der Waals surface area contributed by atoms with Gasteiger partial charge in [-0.15, -0.1) is 0 Å². The fraction of sp³-hybridized carbons (Fsp3) is 0.217. The normalized spacial score (nSPS) is 18.3. The van der Waals surface area contributed by atoms with Crippen molar-refractivity contribution >= 4 is 17.1 Å². The Morgan fingerprint density at radius 2 is 1.21 bits per heavy atom. The number of rotatable bonds is 5. The molecule has 0 amide bonds. The highest BCUT2D eigenvalue weighted by atomic mass is 19.4. The number of nitro benzene ring substituents is 2. The van der Waals surface area contributed by atoms with Gasteiger partial charge in [-0.3, -0.25) is 20.2 Å². The number of anilines is 1. The lowest BCUT2D eigenvalue weighted by Gasteiger charge is -2.33. The number of alkyl halides is 3. The zero-order valence-electron chi connectivity index (χ0n) is 17.1. The maximum Gasteiger partial charge on any atom is 0.416 e. The van der Waals surface area contributed by atoms with Crippen LogP contribution in [-0.4, -0.2) is 9.85 Å². The summed E-state index contributed by atoms with van der Waals surface area (Å²) in [7, 11) is 0. The van der Waals surface area contributed by atoms with Crippen LogP contribution < -0.4 is 4.90 Å². The van der Waals surface area contributed by atoms with E-state index in [1.165, 1.54) is 36.4 Å². The molecule has 0 radical (unpaired) electrons. The number of hydrogen-bond acceptors (Lipinski definition) is 5. The highest BCUT2D eigenvalue weighted by molar-refractivity contribution is 5.55. The van der Waals surface area contributed by atoms with Crippen LogP contribution in [0, 0.1) is 20.2 Å². The SMILES string of the molecule is O=[N+]([O-])c1cccc([C@H]2CC[C@H](c3cccc([N+](=O)[O-])c3)N2c2ccc(C(F)(F)F)cc2)c1. The van der Waals surface area contributed by atoms with E-state index in [1.54, 1.807) is 24.3 Å². The lowest BCUT2D eigenvalue weighted by molar-refractivity contribution is -0.385. The van der Waals surface area contributed by atoms with E-state index in [0.29, 0.717) is 29.7 Å². The third kappa shape index (κ3) is 4.50. The van der Waals surface area contributed by atoms with Crippen molar-refractivity contribution in [1.29, 1.82) is 0 Å². The van der Waals surface area contributed by atoms with Gasteiger partial charge in [-0.25, -0.2) is 0 Å². The third-order valence-corrected chi connectivity index (χ3v) is 5.81. The average Bonchev–Trinajstić information content (AvgIpc) is 3.24. The monoisotopic (exact) mass is 457 g/mol. The summed E-state index contributed by atoms with van der Waals surface area (Å²) < 4.78 is 39.2. The summed E-state index contributed by atoms with van der Waals surface area (Å²) in [5, 5.41) is 22.5. The molecule has 33 heavy (non-hydrogen) atoms. The number of nitro groups is 2. The van der Waals surface area contributed by atoms with Crippen molar-refractivity contribution in [2.45, 2.75) is 31.1 Å². The Balaban J connectivity index is 1.79. The second kappa shape index (κ2) is 8.53. The molecule has 170 valence electrons. The van der Waals surface area contributed by atoms with Crippen molar-refractivity contribution in [3.63, 3.8) is 0 Å². The number of benzene rings is 3. The predicted octanol–water partition coefficient (Wildman–Crippen LogP) is 6.60. The third-order valence-electron chi connectivity index (χ3n) is 5.81. The summed E-state index contributed by atoms with van der Waals surface area (Å²) in [4.78, 5) is 23.4. The molecule has 1 aliphatic heterocycles. The first-order valence-electron chi connectivity index (χ1n) is 10.1. The van der Waals surface area contributed by atoms with Gasteiger partial charge in [-0.2, -0.15) is 13.2 Å². The summed E-state index contributed by atoms with van der Waals surface area (Å²) in [6.07, 6.45) is -3.35. The molecule has 1 heterocycles. The van der Waals surface area contributed by atoms with E-state index >= 15 is 0 Å². The van der Waals surface area contributed by atoms with E-state index in [0.717, 1.165) is 12.1 Å². The van der Waals surface area contributed by atoms with Crippen molar-refractivity contribution in [2.24, 2.45) is 0 Å². The molecular weight excluding hydrogens is 439 g/mol. The molecule has 0 spiro atoms. The Labute approximate surface area is 186 Å². The van der Waals surface area contributed by atoms with Crippen LogP contribution in [0.25, 0.3) is 0 Å². The summed E-state index contributed by atoms with van der Waals surface area (Å²) in [6, 6.07) is 16.3. The Morgan fingerprint density at radius 3 is 1.61 bits per heavy atom. The van der Waals surface area contributed by atoms with Crippen molar-refractivity contribution in [3.8, 4) is 0 Å². The standard InChI is InChI=1S/C23H18F3N3O4/c24-23(25,26)17-7-9-18(10-8-17)27-21(15-3-1-5-19(13-15)28(30)31)11-12-22(27)16-4-2-6-20(14-16)29(32)33/h1-10,13-14,21-22H,11-12H2/t21-,22-/m1/s1. The smallest absolute Gasteiger partial charge is 0.357 e. The molecule has 1 saturated heterocycles. The van der Waals surface area contributed by atoms with E-state index in [4.69, 9.17) is 0 Å². The van der Waals surface area contributed by atoms with Crippen LogP contribution in [0.5, 0.6) is 0 Å². The molecule has 3 aromatic rings. The zero-order chi connectivity index (χ0) is 23.8. The second-order valence-electron chi connectivity index (χ2n) is 7.77. The number of halogens is 3. The minimum atomic E-state index is -4.48. The van der Waals surface area contributed by atoms with Gasteiger partial charge in [-0.1, -0.05) is 24.3 Å². The van der Waals surface area contributed by atoms with Crippen LogP contribution in [0.15, 0.2) is 72.8 Å². The average molecular weight is 457 g/mol. The second-order valence-corrected chi connectivity index (χ2v) is 7.77. The molecule has 10 heteroatoms. The Kier molecular flexibility index (Phi) is 5.75. The topological polar surface area (TPSA) is 89.5 Å². The Bertz CT molecular complexity index is 1130.